The molecule has 0 saturated heterocycles. The Morgan fingerprint density at radius 2 is 1.90 bits per heavy atom. The van der Waals surface area contributed by atoms with E-state index in [-0.39, 0.29) is 0 Å². The molecule has 1 aliphatic rings. The molecule has 0 bridgehead atoms. The van der Waals surface area contributed by atoms with Gasteiger partial charge in [0.05, 0.1) is 16.9 Å². The predicted octanol–water partition coefficient (Wildman–Crippen LogP) is 4.30. The van der Waals surface area contributed by atoms with Crippen LogP contribution in [0.2, 0.25) is 5.15 Å². The maximum atomic E-state index is 11.4. The average molecular weight is 289 g/mol. The van der Waals surface area contributed by atoms with Gasteiger partial charge in [-0.25, -0.2) is 4.68 Å². The molecule has 20 heavy (non-hydrogen) atoms. The van der Waals surface area contributed by atoms with Crippen LogP contribution >= 0.6 is 11.6 Å². The second kappa shape index (κ2) is 5.41. The van der Waals surface area contributed by atoms with Crippen LogP contribution in [0.3, 0.4) is 0 Å². The second-order valence-electron chi connectivity index (χ2n) is 5.44. The number of aryl methyl sites for hydroxylation is 1. The van der Waals surface area contributed by atoms with Gasteiger partial charge in [0.2, 0.25) is 0 Å². The first kappa shape index (κ1) is 13.4. The normalized spacial score (nSPS) is 15.7. The third-order valence-electron chi connectivity index (χ3n) is 4.03. The summed E-state index contributed by atoms with van der Waals surface area (Å²) in [7, 11) is 0. The van der Waals surface area contributed by atoms with E-state index in [2.05, 4.69) is 5.10 Å². The van der Waals surface area contributed by atoms with Crippen molar-refractivity contribution >= 4 is 17.9 Å². The number of benzene rings is 1. The largest absolute Gasteiger partial charge is 0.298 e. The van der Waals surface area contributed by atoms with E-state index in [1.165, 1.54) is 18.4 Å². The molecule has 0 N–H and O–H groups in total. The maximum Gasteiger partial charge on any atom is 0.155 e. The molecule has 0 atom stereocenters. The van der Waals surface area contributed by atoms with E-state index in [1.54, 1.807) is 4.68 Å². The zero-order valence-electron chi connectivity index (χ0n) is 11.5. The SMILES string of the molecule is Cc1ccc(-n2nc(C3CCCC3)c(C=O)c2Cl)cc1. The first-order chi connectivity index (χ1) is 9.70. The predicted molar refractivity (Wildman–Crippen MR) is 79.9 cm³/mol. The van der Waals surface area contributed by atoms with Crippen molar-refractivity contribution in [3.63, 3.8) is 0 Å². The smallest absolute Gasteiger partial charge is 0.155 e. The Hall–Kier alpha value is -1.61. The highest BCUT2D eigenvalue weighted by Crippen LogP contribution is 2.37. The summed E-state index contributed by atoms with van der Waals surface area (Å²) >= 11 is 6.35. The lowest BCUT2D eigenvalue weighted by atomic mass is 10.0. The van der Waals surface area contributed by atoms with Crippen molar-refractivity contribution in [2.75, 3.05) is 0 Å². The number of halogens is 1. The fraction of sp³-hybridized carbons (Fsp3) is 0.375. The van der Waals surface area contributed by atoms with Crippen LogP contribution in [-0.4, -0.2) is 16.1 Å². The van der Waals surface area contributed by atoms with Gasteiger partial charge in [-0.1, -0.05) is 42.1 Å². The van der Waals surface area contributed by atoms with Gasteiger partial charge in [-0.05, 0) is 31.9 Å². The number of nitrogens with zero attached hydrogens (tertiary/aromatic N) is 2. The topological polar surface area (TPSA) is 34.9 Å². The van der Waals surface area contributed by atoms with Crippen molar-refractivity contribution in [2.24, 2.45) is 0 Å². The molecule has 1 aliphatic carbocycles. The van der Waals surface area contributed by atoms with Crippen molar-refractivity contribution in [1.82, 2.24) is 9.78 Å². The van der Waals surface area contributed by atoms with Crippen molar-refractivity contribution in [3.05, 3.63) is 46.2 Å². The highest BCUT2D eigenvalue weighted by atomic mass is 35.5. The fourth-order valence-corrected chi connectivity index (χ4v) is 3.17. The van der Waals surface area contributed by atoms with Gasteiger partial charge in [0, 0.05) is 5.92 Å². The molecule has 3 rings (SSSR count). The Balaban J connectivity index is 2.07. The quantitative estimate of drug-likeness (QED) is 0.789. The lowest BCUT2D eigenvalue weighted by Gasteiger charge is -2.05. The number of carbonyl (C=O) groups excluding carboxylic acids is 1. The van der Waals surface area contributed by atoms with E-state index in [0.717, 1.165) is 30.5 Å². The number of hydrogen-bond donors (Lipinski definition) is 0. The molecule has 104 valence electrons. The molecule has 0 unspecified atom stereocenters. The summed E-state index contributed by atoms with van der Waals surface area (Å²) < 4.78 is 1.68. The van der Waals surface area contributed by atoms with Gasteiger partial charge in [-0.15, -0.1) is 0 Å². The highest BCUT2D eigenvalue weighted by Gasteiger charge is 2.26. The number of carbonyl (C=O) groups is 1. The number of hydrogen-bond acceptors (Lipinski definition) is 2. The minimum absolute atomic E-state index is 0.374. The van der Waals surface area contributed by atoms with E-state index in [4.69, 9.17) is 11.6 Å². The summed E-state index contributed by atoms with van der Waals surface area (Å²) in [6.45, 7) is 2.04. The lowest BCUT2D eigenvalue weighted by molar-refractivity contribution is 0.112. The second-order valence-corrected chi connectivity index (χ2v) is 5.79. The summed E-state index contributed by atoms with van der Waals surface area (Å²) in [6.07, 6.45) is 5.45. The van der Waals surface area contributed by atoms with Gasteiger partial charge in [0.1, 0.15) is 5.15 Å². The van der Waals surface area contributed by atoms with Crippen LogP contribution in [0.25, 0.3) is 5.69 Å². The molecule has 0 amide bonds. The molecule has 0 aliphatic heterocycles. The summed E-state index contributed by atoms with van der Waals surface area (Å²) in [5.74, 6) is 0.374. The molecule has 1 fully saturated rings. The third kappa shape index (κ3) is 2.27. The monoisotopic (exact) mass is 288 g/mol. The molecule has 4 heteroatoms. The van der Waals surface area contributed by atoms with E-state index in [9.17, 15) is 4.79 Å². The molecular weight excluding hydrogens is 272 g/mol. The molecular formula is C16H17ClN2O. The fourth-order valence-electron chi connectivity index (χ4n) is 2.89. The van der Waals surface area contributed by atoms with Gasteiger partial charge in [0.15, 0.2) is 6.29 Å². The molecule has 1 heterocycles. The van der Waals surface area contributed by atoms with Crippen molar-refractivity contribution in [2.45, 2.75) is 38.5 Å². The Kier molecular flexibility index (Phi) is 3.62. The number of aldehydes is 1. The Morgan fingerprint density at radius 1 is 1.25 bits per heavy atom. The van der Waals surface area contributed by atoms with Crippen LogP contribution in [0.1, 0.15) is 53.2 Å². The first-order valence-corrected chi connectivity index (χ1v) is 7.39. The van der Waals surface area contributed by atoms with Gasteiger partial charge in [0.25, 0.3) is 0 Å². The number of aromatic nitrogens is 2. The van der Waals surface area contributed by atoms with Crippen LogP contribution in [0.5, 0.6) is 0 Å². The molecule has 3 nitrogen and oxygen atoms in total. The molecule has 2 aromatic rings. The van der Waals surface area contributed by atoms with Gasteiger partial charge < -0.3 is 0 Å². The molecule has 1 aromatic carbocycles. The zero-order chi connectivity index (χ0) is 14.1. The summed E-state index contributed by atoms with van der Waals surface area (Å²) in [6, 6.07) is 7.98. The van der Waals surface area contributed by atoms with Crippen molar-refractivity contribution < 1.29 is 4.79 Å². The average Bonchev–Trinajstić information content (AvgIpc) is 3.07. The summed E-state index contributed by atoms with van der Waals surface area (Å²) in [5, 5.41) is 5.04. The minimum Gasteiger partial charge on any atom is -0.298 e. The standard InChI is InChI=1S/C16H17ClN2O/c1-11-6-8-13(9-7-11)19-16(17)14(10-20)15(18-19)12-4-2-3-5-12/h6-10,12H,2-5H2,1H3. The zero-order valence-corrected chi connectivity index (χ0v) is 12.2. The van der Waals surface area contributed by atoms with Crippen LogP contribution in [0, 0.1) is 6.92 Å². The van der Waals surface area contributed by atoms with Crippen LogP contribution in [-0.2, 0) is 0 Å². The van der Waals surface area contributed by atoms with Crippen molar-refractivity contribution in [3.8, 4) is 5.69 Å². The summed E-state index contributed by atoms with van der Waals surface area (Å²) in [5.41, 5.74) is 3.50. The lowest BCUT2D eigenvalue weighted by Crippen LogP contribution is -2.00. The van der Waals surface area contributed by atoms with Crippen LogP contribution in [0.15, 0.2) is 24.3 Å². The third-order valence-corrected chi connectivity index (χ3v) is 4.39. The van der Waals surface area contributed by atoms with Gasteiger partial charge >= 0.3 is 0 Å². The van der Waals surface area contributed by atoms with E-state index >= 15 is 0 Å². The minimum atomic E-state index is 0.374. The Labute approximate surface area is 123 Å². The molecule has 1 saturated carbocycles. The van der Waals surface area contributed by atoms with Crippen molar-refractivity contribution in [1.29, 1.82) is 0 Å². The number of rotatable bonds is 3. The highest BCUT2D eigenvalue weighted by molar-refractivity contribution is 6.32. The van der Waals surface area contributed by atoms with Gasteiger partial charge in [-0.3, -0.25) is 4.79 Å². The van der Waals surface area contributed by atoms with E-state index < -0.39 is 0 Å². The van der Waals surface area contributed by atoms with Gasteiger partial charge in [-0.2, -0.15) is 5.10 Å². The first-order valence-electron chi connectivity index (χ1n) is 7.01. The summed E-state index contributed by atoms with van der Waals surface area (Å²) in [4.78, 5) is 11.4. The Morgan fingerprint density at radius 3 is 2.50 bits per heavy atom. The van der Waals surface area contributed by atoms with E-state index in [1.807, 2.05) is 31.2 Å². The molecule has 0 spiro atoms. The van der Waals surface area contributed by atoms with Crippen LogP contribution in [0.4, 0.5) is 0 Å². The molecule has 1 aromatic heterocycles. The maximum absolute atomic E-state index is 11.4. The Bertz CT molecular complexity index is 625. The van der Waals surface area contributed by atoms with E-state index in [0.29, 0.717) is 16.6 Å². The van der Waals surface area contributed by atoms with Crippen LogP contribution < -0.4 is 0 Å². The molecule has 0 radical (unpaired) electrons.